The molecule has 1 aromatic heterocycles. The third-order valence-electron chi connectivity index (χ3n) is 5.71. The Bertz CT molecular complexity index is 1260. The summed E-state index contributed by atoms with van der Waals surface area (Å²) >= 11 is 0. The lowest BCUT2D eigenvalue weighted by molar-refractivity contribution is -0.130. The fourth-order valence-electron chi connectivity index (χ4n) is 4.10. The highest BCUT2D eigenvalue weighted by Gasteiger charge is 2.23. The molecule has 2 heterocycles. The molecule has 1 fully saturated rings. The molecule has 9 heteroatoms. The highest BCUT2D eigenvalue weighted by atomic mass is 16.5. The van der Waals surface area contributed by atoms with E-state index < -0.39 is 11.2 Å². The van der Waals surface area contributed by atoms with Crippen LogP contribution >= 0.6 is 0 Å². The van der Waals surface area contributed by atoms with Gasteiger partial charge in [-0.15, -0.1) is 0 Å². The fourth-order valence-corrected chi connectivity index (χ4v) is 4.10. The molecular weight excluding hydrogens is 414 g/mol. The Morgan fingerprint density at radius 3 is 2.16 bits per heavy atom. The van der Waals surface area contributed by atoms with Crippen LogP contribution in [-0.4, -0.2) is 54.4 Å². The fraction of sp³-hybridized carbons (Fsp3) is 0.348. The van der Waals surface area contributed by atoms with Crippen LogP contribution in [0.25, 0.3) is 16.6 Å². The van der Waals surface area contributed by atoms with E-state index in [0.717, 1.165) is 17.4 Å². The third kappa shape index (κ3) is 3.59. The number of fused-ring (bicyclic) bond motifs is 1. The van der Waals surface area contributed by atoms with E-state index in [1.54, 1.807) is 29.2 Å². The quantitative estimate of drug-likeness (QED) is 0.582. The molecule has 1 saturated heterocycles. The molecule has 0 radical (unpaired) electrons. The van der Waals surface area contributed by atoms with Crippen molar-refractivity contribution < 1.29 is 19.0 Å². The van der Waals surface area contributed by atoms with Crippen LogP contribution in [0.4, 0.5) is 0 Å². The molecule has 0 atom stereocenters. The number of benzene rings is 2. The number of likely N-dealkylation sites (tertiary alicyclic amines) is 1. The van der Waals surface area contributed by atoms with Gasteiger partial charge in [0.2, 0.25) is 11.7 Å². The largest absolute Gasteiger partial charge is 0.493 e. The molecule has 1 amide bonds. The lowest BCUT2D eigenvalue weighted by atomic mass is 10.2. The first-order valence-corrected chi connectivity index (χ1v) is 10.3. The second kappa shape index (κ2) is 8.78. The Kier molecular flexibility index (Phi) is 5.89. The minimum atomic E-state index is -0.615. The van der Waals surface area contributed by atoms with Crippen LogP contribution in [-0.2, 0) is 11.3 Å². The summed E-state index contributed by atoms with van der Waals surface area (Å²) in [6, 6.07) is 9.84. The molecule has 0 unspecified atom stereocenters. The molecule has 3 aromatic rings. The number of ether oxygens (including phenoxy) is 3. The summed E-state index contributed by atoms with van der Waals surface area (Å²) in [6.07, 6.45) is 1.90. The summed E-state index contributed by atoms with van der Waals surface area (Å²) in [5.74, 6) is 0.809. The Morgan fingerprint density at radius 1 is 0.938 bits per heavy atom. The number of carbonyl (C=O) groups is 1. The zero-order chi connectivity index (χ0) is 22.8. The van der Waals surface area contributed by atoms with E-state index in [4.69, 9.17) is 14.2 Å². The second-order valence-electron chi connectivity index (χ2n) is 7.50. The molecule has 32 heavy (non-hydrogen) atoms. The molecule has 168 valence electrons. The van der Waals surface area contributed by atoms with E-state index >= 15 is 0 Å². The van der Waals surface area contributed by atoms with Gasteiger partial charge in [0.25, 0.3) is 5.56 Å². The number of hydrogen-bond donors (Lipinski definition) is 0. The maximum Gasteiger partial charge on any atom is 0.336 e. The van der Waals surface area contributed by atoms with Gasteiger partial charge in [0, 0.05) is 25.2 Å². The average molecular weight is 439 g/mol. The minimum absolute atomic E-state index is 0.148. The number of amides is 1. The smallest absolute Gasteiger partial charge is 0.336 e. The number of carbonyl (C=O) groups excluding carboxylic acids is 1. The molecule has 1 aliphatic heterocycles. The van der Waals surface area contributed by atoms with Crippen molar-refractivity contribution in [3.63, 3.8) is 0 Å². The number of para-hydroxylation sites is 1. The van der Waals surface area contributed by atoms with Crippen LogP contribution in [0.2, 0.25) is 0 Å². The summed E-state index contributed by atoms with van der Waals surface area (Å²) in [5.41, 5.74) is -0.443. The average Bonchev–Trinajstić information content (AvgIpc) is 3.36. The standard InChI is InChI=1S/C23H25N3O6/c1-30-18-12-15(13-19(31-2)21(18)32-3)26-22(28)16-8-4-5-9-17(16)25(23(26)29)14-20(27)24-10-6-7-11-24/h4-5,8-9,12-13H,6-7,10-11,14H2,1-3H3. The zero-order valence-electron chi connectivity index (χ0n) is 18.3. The number of rotatable bonds is 6. The van der Waals surface area contributed by atoms with Crippen molar-refractivity contribution in [2.75, 3.05) is 34.4 Å². The van der Waals surface area contributed by atoms with Crippen molar-refractivity contribution >= 4 is 16.8 Å². The molecular formula is C23H25N3O6. The van der Waals surface area contributed by atoms with E-state index in [-0.39, 0.29) is 18.1 Å². The molecule has 4 rings (SSSR count). The van der Waals surface area contributed by atoms with Gasteiger partial charge in [-0.05, 0) is 25.0 Å². The van der Waals surface area contributed by atoms with Gasteiger partial charge in [-0.3, -0.25) is 14.2 Å². The van der Waals surface area contributed by atoms with Crippen molar-refractivity contribution in [2.24, 2.45) is 0 Å². The monoisotopic (exact) mass is 439 g/mol. The van der Waals surface area contributed by atoms with Crippen molar-refractivity contribution in [3.05, 3.63) is 57.2 Å². The number of aromatic nitrogens is 2. The Labute approximate surface area is 184 Å². The summed E-state index contributed by atoms with van der Waals surface area (Å²) < 4.78 is 18.5. The highest BCUT2D eigenvalue weighted by molar-refractivity contribution is 5.82. The molecule has 0 bridgehead atoms. The summed E-state index contributed by atoms with van der Waals surface area (Å²) in [5, 5.41) is 0.329. The van der Waals surface area contributed by atoms with Crippen molar-refractivity contribution in [2.45, 2.75) is 19.4 Å². The number of hydrogen-bond acceptors (Lipinski definition) is 6. The minimum Gasteiger partial charge on any atom is -0.493 e. The first kappa shape index (κ1) is 21.5. The van der Waals surface area contributed by atoms with Gasteiger partial charge in [0.15, 0.2) is 11.5 Å². The van der Waals surface area contributed by atoms with E-state index in [9.17, 15) is 14.4 Å². The molecule has 0 aliphatic carbocycles. The van der Waals surface area contributed by atoms with Gasteiger partial charge in [-0.25, -0.2) is 9.36 Å². The lowest BCUT2D eigenvalue weighted by Gasteiger charge is -2.19. The molecule has 0 saturated carbocycles. The van der Waals surface area contributed by atoms with Crippen LogP contribution < -0.4 is 25.5 Å². The molecule has 9 nitrogen and oxygen atoms in total. The van der Waals surface area contributed by atoms with Gasteiger partial charge in [-0.2, -0.15) is 0 Å². The molecule has 1 aliphatic rings. The zero-order valence-corrected chi connectivity index (χ0v) is 18.3. The Hall–Kier alpha value is -3.75. The van der Waals surface area contributed by atoms with E-state index in [1.807, 2.05) is 0 Å². The summed E-state index contributed by atoms with van der Waals surface area (Å²) in [7, 11) is 4.38. The maximum atomic E-state index is 13.6. The van der Waals surface area contributed by atoms with Gasteiger partial charge in [0.05, 0.1) is 37.9 Å². The first-order valence-electron chi connectivity index (χ1n) is 10.3. The summed E-state index contributed by atoms with van der Waals surface area (Å²) in [4.78, 5) is 41.5. The van der Waals surface area contributed by atoms with Crippen LogP contribution in [0.3, 0.4) is 0 Å². The molecule has 0 spiro atoms. The maximum absolute atomic E-state index is 13.6. The van der Waals surface area contributed by atoms with Crippen molar-refractivity contribution in [3.8, 4) is 22.9 Å². The van der Waals surface area contributed by atoms with Crippen LogP contribution in [0.5, 0.6) is 17.2 Å². The third-order valence-corrected chi connectivity index (χ3v) is 5.71. The lowest BCUT2D eigenvalue weighted by Crippen LogP contribution is -2.42. The normalized spacial score (nSPS) is 13.4. The molecule has 2 aromatic carbocycles. The predicted molar refractivity (Wildman–Crippen MR) is 119 cm³/mol. The summed E-state index contributed by atoms with van der Waals surface area (Å²) in [6.45, 7) is 1.21. The van der Waals surface area contributed by atoms with Crippen LogP contribution in [0.15, 0.2) is 46.0 Å². The van der Waals surface area contributed by atoms with Crippen molar-refractivity contribution in [1.82, 2.24) is 14.0 Å². The van der Waals surface area contributed by atoms with E-state index in [2.05, 4.69) is 0 Å². The SMILES string of the molecule is COc1cc(-n2c(=O)c3ccccc3n(CC(=O)N3CCCC3)c2=O)cc(OC)c1OC. The van der Waals surface area contributed by atoms with Gasteiger partial charge in [0.1, 0.15) is 6.54 Å². The Balaban J connectivity index is 1.96. The van der Waals surface area contributed by atoms with Gasteiger partial charge < -0.3 is 19.1 Å². The number of methoxy groups -OCH3 is 3. The van der Waals surface area contributed by atoms with Crippen molar-refractivity contribution in [1.29, 1.82) is 0 Å². The second-order valence-corrected chi connectivity index (χ2v) is 7.50. The van der Waals surface area contributed by atoms with Crippen LogP contribution in [0, 0.1) is 0 Å². The van der Waals surface area contributed by atoms with Gasteiger partial charge in [-0.1, -0.05) is 12.1 Å². The predicted octanol–water partition coefficient (Wildman–Crippen LogP) is 1.80. The van der Waals surface area contributed by atoms with E-state index in [0.29, 0.717) is 41.2 Å². The molecule has 0 N–H and O–H groups in total. The first-order chi connectivity index (χ1) is 15.5. The van der Waals surface area contributed by atoms with E-state index in [1.165, 1.54) is 38.0 Å². The Morgan fingerprint density at radius 2 is 1.56 bits per heavy atom. The van der Waals surface area contributed by atoms with Gasteiger partial charge >= 0.3 is 5.69 Å². The number of nitrogens with zero attached hydrogens (tertiary/aromatic N) is 3. The highest BCUT2D eigenvalue weighted by Crippen LogP contribution is 2.38. The topological polar surface area (TPSA) is 92.0 Å². The van der Waals surface area contributed by atoms with Crippen LogP contribution in [0.1, 0.15) is 12.8 Å².